The predicted octanol–water partition coefficient (Wildman–Crippen LogP) is 3.73. The highest BCUT2D eigenvalue weighted by Crippen LogP contribution is 2.47. The maximum Gasteiger partial charge on any atom is 0.369 e. The number of hydrogen-bond donors (Lipinski definition) is 0. The van der Waals surface area contributed by atoms with Crippen LogP contribution in [0.4, 0.5) is 13.2 Å². The van der Waals surface area contributed by atoms with E-state index in [0.29, 0.717) is 0 Å². The van der Waals surface area contributed by atoms with E-state index in [9.17, 15) is 18.0 Å². The Labute approximate surface area is 115 Å². The Hall–Kier alpha value is 0.570. The van der Waals surface area contributed by atoms with Crippen molar-refractivity contribution in [3.05, 3.63) is 0 Å². The van der Waals surface area contributed by atoms with Gasteiger partial charge in [0.15, 0.2) is 0 Å². The van der Waals surface area contributed by atoms with Crippen LogP contribution in [0.25, 0.3) is 0 Å². The molecule has 0 bridgehead atoms. The summed E-state index contributed by atoms with van der Waals surface area (Å²) in [5.74, 6) is -2.98. The third-order valence-corrected chi connectivity index (χ3v) is 3.33. The molecule has 0 saturated carbocycles. The molecule has 0 heterocycles. The Morgan fingerprint density at radius 1 is 1.44 bits per heavy atom. The third kappa shape index (κ3) is 3.80. The highest BCUT2D eigenvalue weighted by Gasteiger charge is 2.62. The predicted molar refractivity (Wildman–Crippen MR) is 64.1 cm³/mol. The molecule has 8 heteroatoms. The van der Waals surface area contributed by atoms with Gasteiger partial charge in [-0.1, -0.05) is 41.1 Å². The molecule has 0 aliphatic heterocycles. The molecule has 2 nitrogen and oxygen atoms in total. The van der Waals surface area contributed by atoms with Crippen LogP contribution in [0.2, 0.25) is 0 Å². The van der Waals surface area contributed by atoms with Crippen molar-refractivity contribution in [3.63, 3.8) is 0 Å². The summed E-state index contributed by atoms with van der Waals surface area (Å²) in [5.41, 5.74) is 0. The summed E-state index contributed by atoms with van der Waals surface area (Å²) in [6, 6.07) is 0. The van der Waals surface area contributed by atoms with Crippen molar-refractivity contribution in [2.75, 3.05) is 6.61 Å². The van der Waals surface area contributed by atoms with E-state index in [1.807, 2.05) is 0 Å². The lowest BCUT2D eigenvalue weighted by atomic mass is 10.00. The van der Waals surface area contributed by atoms with Gasteiger partial charge in [-0.2, -0.15) is 8.78 Å². The van der Waals surface area contributed by atoms with Crippen LogP contribution in [0.5, 0.6) is 0 Å². The van der Waals surface area contributed by atoms with Gasteiger partial charge >= 0.3 is 11.4 Å². The number of alkyl halides is 6. The molecule has 3 unspecified atom stereocenters. The zero-order valence-corrected chi connectivity index (χ0v) is 12.1. The van der Waals surface area contributed by atoms with Crippen LogP contribution in [0.3, 0.4) is 0 Å². The van der Waals surface area contributed by atoms with Crippen molar-refractivity contribution in [2.24, 2.45) is 5.92 Å². The van der Waals surface area contributed by atoms with E-state index >= 15 is 0 Å². The number of esters is 1. The fourth-order valence-electron chi connectivity index (χ4n) is 1.03. The van der Waals surface area contributed by atoms with Crippen molar-refractivity contribution < 1.29 is 22.7 Å². The van der Waals surface area contributed by atoms with E-state index in [-0.39, 0.29) is 6.61 Å². The Morgan fingerprint density at radius 2 is 1.88 bits per heavy atom. The second-order valence-corrected chi connectivity index (χ2v) is 6.02. The highest BCUT2D eigenvalue weighted by molar-refractivity contribution is 14.1. The maximum absolute atomic E-state index is 13.7. The molecule has 0 rings (SSSR count). The number of rotatable bonds is 5. The van der Waals surface area contributed by atoms with Crippen LogP contribution in [0, 0.1) is 5.92 Å². The molecular weight excluding hydrogens is 383 g/mol. The minimum Gasteiger partial charge on any atom is -0.466 e. The number of carbonyl (C=O) groups excluding carboxylic acids is 1. The van der Waals surface area contributed by atoms with Gasteiger partial charge in [-0.3, -0.25) is 4.79 Å². The van der Waals surface area contributed by atoms with E-state index in [2.05, 4.69) is 16.3 Å². The standard InChI is InChI=1S/C8H10Cl2F3IO2/c1-3-16-6(15)5(4(2)14)7(9,11)8(10,12)13/h4-5H,3H2,1-2H3. The van der Waals surface area contributed by atoms with Crippen LogP contribution in [0.1, 0.15) is 13.8 Å². The molecule has 0 spiro atoms. The first-order chi connectivity index (χ1) is 7.05. The first-order valence-corrected chi connectivity index (χ1v) is 6.31. The van der Waals surface area contributed by atoms with E-state index in [4.69, 9.17) is 11.6 Å². The summed E-state index contributed by atoms with van der Waals surface area (Å²) in [5, 5.41) is -8.03. The van der Waals surface area contributed by atoms with Gasteiger partial charge in [-0.15, -0.1) is 0 Å². The van der Waals surface area contributed by atoms with Crippen LogP contribution < -0.4 is 0 Å². The minimum atomic E-state index is -4.36. The largest absolute Gasteiger partial charge is 0.466 e. The van der Waals surface area contributed by atoms with E-state index in [0.717, 1.165) is 0 Å². The molecule has 0 aromatic heterocycles. The SMILES string of the molecule is CCOC(=O)C(C(C)I)C(F)(Cl)C(F)(F)Cl. The van der Waals surface area contributed by atoms with Crippen molar-refractivity contribution >= 4 is 51.8 Å². The average molecular weight is 393 g/mol. The fraction of sp³-hybridized carbons (Fsp3) is 0.875. The minimum absolute atomic E-state index is 0.0560. The molecule has 0 aliphatic carbocycles. The van der Waals surface area contributed by atoms with Crippen LogP contribution in [0.15, 0.2) is 0 Å². The first kappa shape index (κ1) is 16.6. The second kappa shape index (κ2) is 5.95. The lowest BCUT2D eigenvalue weighted by Crippen LogP contribution is -2.49. The summed E-state index contributed by atoms with van der Waals surface area (Å²) in [6.45, 7) is 2.78. The molecule has 0 radical (unpaired) electrons. The Morgan fingerprint density at radius 3 is 2.12 bits per heavy atom. The monoisotopic (exact) mass is 392 g/mol. The van der Waals surface area contributed by atoms with Crippen molar-refractivity contribution in [2.45, 2.75) is 28.3 Å². The molecule has 0 aliphatic rings. The van der Waals surface area contributed by atoms with Crippen molar-refractivity contribution in [1.82, 2.24) is 0 Å². The average Bonchev–Trinajstić information content (AvgIpc) is 2.00. The molecule has 3 atom stereocenters. The molecule has 0 fully saturated rings. The lowest BCUT2D eigenvalue weighted by molar-refractivity contribution is -0.157. The van der Waals surface area contributed by atoms with Gasteiger partial charge in [0.25, 0.3) is 5.13 Å². The van der Waals surface area contributed by atoms with E-state index in [1.54, 1.807) is 22.6 Å². The lowest BCUT2D eigenvalue weighted by Gasteiger charge is -2.31. The van der Waals surface area contributed by atoms with Gasteiger partial charge < -0.3 is 4.74 Å². The number of hydrogen-bond acceptors (Lipinski definition) is 2. The van der Waals surface area contributed by atoms with E-state index < -0.39 is 26.3 Å². The summed E-state index contributed by atoms with van der Waals surface area (Å²) in [7, 11) is 0. The van der Waals surface area contributed by atoms with E-state index in [1.165, 1.54) is 13.8 Å². The first-order valence-electron chi connectivity index (χ1n) is 4.31. The zero-order valence-electron chi connectivity index (χ0n) is 8.45. The number of halogens is 6. The van der Waals surface area contributed by atoms with Crippen LogP contribution >= 0.6 is 45.8 Å². The smallest absolute Gasteiger partial charge is 0.369 e. The number of carbonyl (C=O) groups is 1. The molecule has 0 aromatic carbocycles. The van der Waals surface area contributed by atoms with Crippen molar-refractivity contribution in [3.8, 4) is 0 Å². The molecule has 0 N–H and O–H groups in total. The molecule has 0 amide bonds. The van der Waals surface area contributed by atoms with Gasteiger partial charge in [0, 0.05) is 3.92 Å². The Bertz CT molecular complexity index is 256. The van der Waals surface area contributed by atoms with Gasteiger partial charge in [0.05, 0.1) is 6.61 Å². The van der Waals surface area contributed by atoms with Gasteiger partial charge in [-0.25, -0.2) is 4.39 Å². The molecule has 16 heavy (non-hydrogen) atoms. The maximum atomic E-state index is 13.7. The van der Waals surface area contributed by atoms with Gasteiger partial charge in [0.2, 0.25) is 0 Å². The van der Waals surface area contributed by atoms with Crippen molar-refractivity contribution in [1.29, 1.82) is 0 Å². The highest BCUT2D eigenvalue weighted by atomic mass is 127. The molecule has 0 aromatic rings. The zero-order chi connectivity index (χ0) is 13.1. The summed E-state index contributed by atoms with van der Waals surface area (Å²) in [6.07, 6.45) is 0. The molecular formula is C8H10Cl2F3IO2. The number of ether oxygens (including phenoxy) is 1. The topological polar surface area (TPSA) is 26.3 Å². The summed E-state index contributed by atoms with van der Waals surface area (Å²) >= 11 is 11.2. The Kier molecular flexibility index (Phi) is 6.16. The fourth-order valence-corrected chi connectivity index (χ4v) is 2.43. The normalized spacial score (nSPS) is 19.8. The second-order valence-electron chi connectivity index (χ2n) is 3.03. The van der Waals surface area contributed by atoms with Gasteiger partial charge in [-0.05, 0) is 18.5 Å². The van der Waals surface area contributed by atoms with Gasteiger partial charge in [0.1, 0.15) is 5.92 Å². The van der Waals surface area contributed by atoms with Crippen LogP contribution in [-0.4, -0.2) is 27.0 Å². The third-order valence-electron chi connectivity index (χ3n) is 1.77. The molecule has 0 saturated heterocycles. The summed E-state index contributed by atoms with van der Waals surface area (Å²) < 4.78 is 42.9. The molecule has 96 valence electrons. The quantitative estimate of drug-likeness (QED) is 0.405. The summed E-state index contributed by atoms with van der Waals surface area (Å²) in [4.78, 5) is 11.3. The Balaban J connectivity index is 5.14. The van der Waals surface area contributed by atoms with Crippen LogP contribution in [-0.2, 0) is 9.53 Å².